The molecule has 2 nitrogen and oxygen atoms in total. The van der Waals surface area contributed by atoms with Crippen LogP contribution in [0.15, 0.2) is 0 Å². The second kappa shape index (κ2) is 9.84. The Balaban J connectivity index is 1.95. The van der Waals surface area contributed by atoms with E-state index in [1.54, 1.807) is 0 Å². The van der Waals surface area contributed by atoms with Crippen molar-refractivity contribution in [2.75, 3.05) is 19.6 Å². The van der Waals surface area contributed by atoms with Crippen molar-refractivity contribution in [2.24, 2.45) is 11.3 Å². The van der Waals surface area contributed by atoms with E-state index in [9.17, 15) is 0 Å². The van der Waals surface area contributed by atoms with Crippen molar-refractivity contribution in [3.63, 3.8) is 0 Å². The van der Waals surface area contributed by atoms with E-state index in [-0.39, 0.29) is 0 Å². The molecule has 0 aromatic heterocycles. The molecule has 2 N–H and O–H groups in total. The Labute approximate surface area is 128 Å². The van der Waals surface area contributed by atoms with E-state index >= 15 is 0 Å². The van der Waals surface area contributed by atoms with Gasteiger partial charge in [0, 0.05) is 6.54 Å². The van der Waals surface area contributed by atoms with E-state index in [2.05, 4.69) is 38.2 Å². The summed E-state index contributed by atoms with van der Waals surface area (Å²) >= 11 is 0. The third-order valence-electron chi connectivity index (χ3n) is 5.35. The van der Waals surface area contributed by atoms with Gasteiger partial charge in [-0.15, -0.1) is 0 Å². The summed E-state index contributed by atoms with van der Waals surface area (Å²) in [4.78, 5) is 0. The van der Waals surface area contributed by atoms with Crippen molar-refractivity contribution in [2.45, 2.75) is 78.5 Å². The van der Waals surface area contributed by atoms with E-state index < -0.39 is 0 Å². The molecule has 20 heavy (non-hydrogen) atoms. The molecule has 0 aromatic rings. The van der Waals surface area contributed by atoms with Crippen molar-refractivity contribution in [3.8, 4) is 0 Å². The van der Waals surface area contributed by atoms with Crippen LogP contribution in [0, 0.1) is 11.3 Å². The summed E-state index contributed by atoms with van der Waals surface area (Å²) in [6.45, 7) is 12.9. The van der Waals surface area contributed by atoms with Crippen LogP contribution in [0.2, 0.25) is 5.82 Å². The Morgan fingerprint density at radius 3 is 2.50 bits per heavy atom. The van der Waals surface area contributed by atoms with Crippen molar-refractivity contribution >= 4 is 7.41 Å². The molecule has 1 unspecified atom stereocenters. The largest absolute Gasteiger partial charge is 0.357 e. The van der Waals surface area contributed by atoms with Gasteiger partial charge >= 0.3 is 0 Å². The fourth-order valence-corrected chi connectivity index (χ4v) is 3.36. The van der Waals surface area contributed by atoms with Crippen LogP contribution < -0.4 is 10.5 Å². The standard InChI is InChI=1S/C17H37BN2/c1-5-7-15(3)14-19-12-13-20-18-16-8-10-17(4,6-2)11-9-16/h15-16,18-20H,5-14H2,1-4H3. The summed E-state index contributed by atoms with van der Waals surface area (Å²) in [5.74, 6) is 1.75. The van der Waals surface area contributed by atoms with Crippen LogP contribution in [-0.2, 0) is 0 Å². The van der Waals surface area contributed by atoms with E-state index in [1.165, 1.54) is 58.9 Å². The van der Waals surface area contributed by atoms with E-state index in [4.69, 9.17) is 0 Å². The molecule has 0 saturated heterocycles. The van der Waals surface area contributed by atoms with Crippen LogP contribution in [0.4, 0.5) is 0 Å². The van der Waals surface area contributed by atoms with Crippen LogP contribution >= 0.6 is 0 Å². The molecule has 0 aromatic carbocycles. The molecule has 0 amide bonds. The number of rotatable bonds is 10. The van der Waals surface area contributed by atoms with Crippen LogP contribution in [0.3, 0.4) is 0 Å². The highest BCUT2D eigenvalue weighted by Crippen LogP contribution is 2.42. The molecule has 0 heterocycles. The lowest BCUT2D eigenvalue weighted by Crippen LogP contribution is -2.35. The molecule has 0 bridgehead atoms. The van der Waals surface area contributed by atoms with Crippen molar-refractivity contribution in [3.05, 3.63) is 0 Å². The van der Waals surface area contributed by atoms with Gasteiger partial charge in [-0.3, -0.25) is 0 Å². The highest BCUT2D eigenvalue weighted by atomic mass is 14.9. The van der Waals surface area contributed by atoms with E-state index in [0.717, 1.165) is 24.8 Å². The van der Waals surface area contributed by atoms with Gasteiger partial charge in [-0.25, -0.2) is 0 Å². The molecule has 1 rings (SSSR count). The summed E-state index contributed by atoms with van der Waals surface area (Å²) in [6, 6.07) is 0. The lowest BCUT2D eigenvalue weighted by molar-refractivity contribution is 0.207. The van der Waals surface area contributed by atoms with Gasteiger partial charge in [0.05, 0.1) is 0 Å². The Hall–Kier alpha value is -0.0151. The summed E-state index contributed by atoms with van der Waals surface area (Å²) in [5, 5.41) is 7.21. The van der Waals surface area contributed by atoms with E-state index in [0.29, 0.717) is 5.41 Å². The Bertz CT molecular complexity index is 237. The fraction of sp³-hybridized carbons (Fsp3) is 1.00. The quantitative estimate of drug-likeness (QED) is 0.470. The SMILES string of the molecule is CCCC(C)CNCCNBC1CCC(C)(CC)CC1. The van der Waals surface area contributed by atoms with Gasteiger partial charge in [-0.2, -0.15) is 0 Å². The highest BCUT2D eigenvalue weighted by molar-refractivity contribution is 6.34. The van der Waals surface area contributed by atoms with Crippen LogP contribution in [0.5, 0.6) is 0 Å². The topological polar surface area (TPSA) is 24.1 Å². The maximum absolute atomic E-state index is 3.64. The highest BCUT2D eigenvalue weighted by Gasteiger charge is 2.29. The van der Waals surface area contributed by atoms with Gasteiger partial charge in [0.1, 0.15) is 0 Å². The number of hydrogen-bond acceptors (Lipinski definition) is 2. The van der Waals surface area contributed by atoms with Gasteiger partial charge < -0.3 is 10.5 Å². The Morgan fingerprint density at radius 1 is 1.20 bits per heavy atom. The second-order valence-electron chi connectivity index (χ2n) is 7.41. The molecule has 1 fully saturated rings. The zero-order chi connectivity index (χ0) is 14.8. The van der Waals surface area contributed by atoms with Crippen molar-refractivity contribution < 1.29 is 0 Å². The molecule has 0 aliphatic heterocycles. The molecule has 0 spiro atoms. The first-order chi connectivity index (χ1) is 9.59. The zero-order valence-electron chi connectivity index (χ0n) is 14.4. The first-order valence-electron chi connectivity index (χ1n) is 9.01. The number of nitrogens with one attached hydrogen (secondary N) is 2. The van der Waals surface area contributed by atoms with Gasteiger partial charge in [-0.05, 0) is 43.7 Å². The second-order valence-corrected chi connectivity index (χ2v) is 7.41. The smallest absolute Gasteiger partial charge is 0.204 e. The molecule has 3 heteroatoms. The predicted octanol–water partition coefficient (Wildman–Crippen LogP) is 3.73. The first kappa shape index (κ1) is 18.0. The van der Waals surface area contributed by atoms with Gasteiger partial charge in [0.25, 0.3) is 0 Å². The van der Waals surface area contributed by atoms with E-state index in [1.807, 2.05) is 0 Å². The maximum Gasteiger partial charge on any atom is 0.204 e. The first-order valence-corrected chi connectivity index (χ1v) is 9.01. The summed E-state index contributed by atoms with van der Waals surface area (Å²) in [5.41, 5.74) is 0.646. The van der Waals surface area contributed by atoms with Crippen LogP contribution in [0.1, 0.15) is 72.6 Å². The fourth-order valence-electron chi connectivity index (χ4n) is 3.36. The normalized spacial score (nSPS) is 28.3. The van der Waals surface area contributed by atoms with Gasteiger partial charge in [0.15, 0.2) is 0 Å². The Morgan fingerprint density at radius 2 is 1.90 bits per heavy atom. The van der Waals surface area contributed by atoms with Crippen molar-refractivity contribution in [1.29, 1.82) is 0 Å². The molecule has 0 radical (unpaired) electrons. The monoisotopic (exact) mass is 280 g/mol. The molecular weight excluding hydrogens is 243 g/mol. The maximum atomic E-state index is 3.64. The molecular formula is C17H37BN2. The minimum absolute atomic E-state index is 0.646. The molecule has 1 atom stereocenters. The predicted molar refractivity (Wildman–Crippen MR) is 92.7 cm³/mol. The summed E-state index contributed by atoms with van der Waals surface area (Å²) in [7, 11) is 1.23. The van der Waals surface area contributed by atoms with Gasteiger partial charge in [0.2, 0.25) is 7.41 Å². The third kappa shape index (κ3) is 7.13. The molecule has 118 valence electrons. The average Bonchev–Trinajstić information content (AvgIpc) is 2.45. The average molecular weight is 280 g/mol. The molecule has 1 saturated carbocycles. The lowest BCUT2D eigenvalue weighted by Gasteiger charge is -2.36. The van der Waals surface area contributed by atoms with Crippen LogP contribution in [-0.4, -0.2) is 27.0 Å². The molecule has 1 aliphatic carbocycles. The van der Waals surface area contributed by atoms with Crippen LogP contribution in [0.25, 0.3) is 0 Å². The zero-order valence-corrected chi connectivity index (χ0v) is 14.4. The summed E-state index contributed by atoms with van der Waals surface area (Å²) in [6.07, 6.45) is 9.73. The van der Waals surface area contributed by atoms with Crippen molar-refractivity contribution in [1.82, 2.24) is 10.5 Å². The molecule has 1 aliphatic rings. The Kier molecular flexibility index (Phi) is 8.87. The van der Waals surface area contributed by atoms with Gasteiger partial charge in [-0.1, -0.05) is 59.2 Å². The minimum atomic E-state index is 0.646. The third-order valence-corrected chi connectivity index (χ3v) is 5.35. The lowest BCUT2D eigenvalue weighted by atomic mass is 9.60. The summed E-state index contributed by atoms with van der Waals surface area (Å²) < 4.78 is 0. The number of hydrogen-bond donors (Lipinski definition) is 2. The minimum Gasteiger partial charge on any atom is -0.357 e.